The number of piperidine rings is 1. The average Bonchev–Trinajstić information content (AvgIpc) is 3.19. The first-order valence-electron chi connectivity index (χ1n) is 9.55. The normalized spacial score (nSPS) is 17.1. The number of anilines is 1. The van der Waals surface area contributed by atoms with Gasteiger partial charge in [0.15, 0.2) is 11.6 Å². The largest absolute Gasteiger partial charge is 0.338 e. The number of halogens is 3. The van der Waals surface area contributed by atoms with Crippen LogP contribution in [0.5, 0.6) is 0 Å². The van der Waals surface area contributed by atoms with Crippen molar-refractivity contribution in [2.75, 3.05) is 18.4 Å². The Morgan fingerprint density at radius 3 is 2.90 bits per heavy atom. The van der Waals surface area contributed by atoms with Crippen LogP contribution in [0.4, 0.5) is 14.5 Å². The van der Waals surface area contributed by atoms with E-state index >= 15 is 0 Å². The summed E-state index contributed by atoms with van der Waals surface area (Å²) in [6.45, 7) is 1.77. The van der Waals surface area contributed by atoms with Crippen LogP contribution < -0.4 is 5.32 Å². The van der Waals surface area contributed by atoms with Crippen LogP contribution in [0.2, 0.25) is 0 Å². The fourth-order valence-electron chi connectivity index (χ4n) is 3.49. The van der Waals surface area contributed by atoms with E-state index in [4.69, 9.17) is 4.52 Å². The molecule has 1 unspecified atom stereocenters. The lowest BCUT2D eigenvalue weighted by molar-refractivity contribution is -0.121. The third-order valence-corrected chi connectivity index (χ3v) is 5.47. The molecule has 1 aliphatic rings. The number of carbonyl (C=O) groups excluding carboxylic acids is 1. The molecular formula is C21H19BrF2N4O2. The van der Waals surface area contributed by atoms with Crippen LogP contribution >= 0.6 is 15.9 Å². The minimum atomic E-state index is -0.990. The van der Waals surface area contributed by atoms with Gasteiger partial charge in [0.25, 0.3) is 0 Å². The van der Waals surface area contributed by atoms with E-state index in [9.17, 15) is 13.6 Å². The number of nitrogens with one attached hydrogen (secondary N) is 1. The van der Waals surface area contributed by atoms with Gasteiger partial charge >= 0.3 is 0 Å². The summed E-state index contributed by atoms with van der Waals surface area (Å²) in [6, 6.07) is 11.0. The van der Waals surface area contributed by atoms with Crippen molar-refractivity contribution in [2.45, 2.75) is 19.4 Å². The first kappa shape index (κ1) is 20.6. The molecule has 0 spiro atoms. The molecule has 1 fully saturated rings. The van der Waals surface area contributed by atoms with E-state index in [1.807, 2.05) is 24.3 Å². The third-order valence-electron chi connectivity index (χ3n) is 4.97. The van der Waals surface area contributed by atoms with Gasteiger partial charge in [0.2, 0.25) is 17.6 Å². The van der Waals surface area contributed by atoms with Gasteiger partial charge in [-0.3, -0.25) is 9.69 Å². The summed E-state index contributed by atoms with van der Waals surface area (Å²) in [5.41, 5.74) is 1.09. The molecule has 1 amide bonds. The summed E-state index contributed by atoms with van der Waals surface area (Å²) in [4.78, 5) is 19.1. The molecule has 0 aliphatic carbocycles. The van der Waals surface area contributed by atoms with Crippen molar-refractivity contribution in [1.29, 1.82) is 0 Å². The van der Waals surface area contributed by atoms with E-state index in [1.54, 1.807) is 0 Å². The lowest BCUT2D eigenvalue weighted by Gasteiger charge is -2.30. The van der Waals surface area contributed by atoms with Gasteiger partial charge in [0.1, 0.15) is 0 Å². The number of amides is 1. The summed E-state index contributed by atoms with van der Waals surface area (Å²) in [7, 11) is 0. The zero-order chi connectivity index (χ0) is 21.1. The highest BCUT2D eigenvalue weighted by atomic mass is 79.9. The highest BCUT2D eigenvalue weighted by Gasteiger charge is 2.27. The van der Waals surface area contributed by atoms with E-state index < -0.39 is 11.6 Å². The van der Waals surface area contributed by atoms with Crippen LogP contribution in [0.25, 0.3) is 11.4 Å². The molecule has 1 N–H and O–H groups in total. The molecule has 6 nitrogen and oxygen atoms in total. The fourth-order valence-corrected chi connectivity index (χ4v) is 3.89. The van der Waals surface area contributed by atoms with Gasteiger partial charge in [-0.25, -0.2) is 8.78 Å². The van der Waals surface area contributed by atoms with Crippen molar-refractivity contribution in [3.63, 3.8) is 0 Å². The maximum absolute atomic E-state index is 13.4. The van der Waals surface area contributed by atoms with Crippen LogP contribution in [-0.4, -0.2) is 34.0 Å². The Kier molecular flexibility index (Phi) is 6.19. The monoisotopic (exact) mass is 476 g/mol. The molecule has 30 heavy (non-hydrogen) atoms. The van der Waals surface area contributed by atoms with Gasteiger partial charge in [-0.05, 0) is 43.7 Å². The van der Waals surface area contributed by atoms with Crippen molar-refractivity contribution < 1.29 is 18.1 Å². The molecule has 9 heteroatoms. The summed E-state index contributed by atoms with van der Waals surface area (Å²) in [5, 5.41) is 6.71. The molecule has 3 aromatic rings. The highest BCUT2D eigenvalue weighted by Crippen LogP contribution is 2.23. The van der Waals surface area contributed by atoms with E-state index in [-0.39, 0.29) is 17.5 Å². The quantitative estimate of drug-likeness (QED) is 0.581. The van der Waals surface area contributed by atoms with Crippen molar-refractivity contribution in [1.82, 2.24) is 15.0 Å². The second-order valence-electron chi connectivity index (χ2n) is 7.21. The van der Waals surface area contributed by atoms with Crippen LogP contribution in [0.1, 0.15) is 18.7 Å². The maximum atomic E-state index is 13.4. The minimum absolute atomic E-state index is 0.217. The highest BCUT2D eigenvalue weighted by molar-refractivity contribution is 9.10. The molecule has 1 saturated heterocycles. The molecule has 1 aromatic heterocycles. The zero-order valence-corrected chi connectivity index (χ0v) is 17.5. The third kappa shape index (κ3) is 4.91. The molecule has 4 rings (SSSR count). The van der Waals surface area contributed by atoms with Gasteiger partial charge in [-0.1, -0.05) is 33.2 Å². The van der Waals surface area contributed by atoms with E-state index in [1.165, 1.54) is 6.07 Å². The van der Waals surface area contributed by atoms with Crippen LogP contribution in [0.3, 0.4) is 0 Å². The van der Waals surface area contributed by atoms with Gasteiger partial charge in [0.05, 0.1) is 12.5 Å². The molecule has 0 bridgehead atoms. The predicted octanol–water partition coefficient (Wildman–Crippen LogP) is 4.63. The van der Waals surface area contributed by atoms with Gasteiger partial charge in [-0.2, -0.15) is 4.98 Å². The van der Waals surface area contributed by atoms with E-state index in [2.05, 4.69) is 36.3 Å². The number of likely N-dealkylation sites (tertiary alicyclic amines) is 1. The Hall–Kier alpha value is -2.65. The topological polar surface area (TPSA) is 71.3 Å². The maximum Gasteiger partial charge on any atom is 0.241 e. The molecule has 2 aromatic carbocycles. The van der Waals surface area contributed by atoms with Gasteiger partial charge < -0.3 is 9.84 Å². The van der Waals surface area contributed by atoms with E-state index in [0.717, 1.165) is 41.6 Å². The zero-order valence-electron chi connectivity index (χ0n) is 15.9. The summed E-state index contributed by atoms with van der Waals surface area (Å²) in [5.74, 6) is -1.43. The summed E-state index contributed by atoms with van der Waals surface area (Å²) >= 11 is 3.43. The number of benzene rings is 2. The molecule has 1 atom stereocenters. The molecule has 0 saturated carbocycles. The summed E-state index contributed by atoms with van der Waals surface area (Å²) in [6.07, 6.45) is 1.56. The number of nitrogens with zero attached hydrogens (tertiary/aromatic N) is 3. The number of hydrogen-bond acceptors (Lipinski definition) is 5. The SMILES string of the molecule is O=C(Nc1ccc(F)c(F)c1)C1CCCN(Cc2nc(-c3cccc(Br)c3)no2)C1. The number of carbonyl (C=O) groups is 1. The van der Waals surface area contributed by atoms with Crippen LogP contribution in [0, 0.1) is 17.6 Å². The van der Waals surface area contributed by atoms with Crippen LogP contribution in [-0.2, 0) is 11.3 Å². The standard InChI is InChI=1S/C21H19BrF2N4O2/c22-15-5-1-3-13(9-15)20-26-19(30-27-20)12-28-8-2-4-14(11-28)21(29)25-16-6-7-17(23)18(24)10-16/h1,3,5-7,9-10,14H,2,4,8,11-12H2,(H,25,29). The minimum Gasteiger partial charge on any atom is -0.338 e. The molecule has 2 heterocycles. The first-order valence-corrected chi connectivity index (χ1v) is 10.3. The average molecular weight is 477 g/mol. The van der Waals surface area contributed by atoms with Crippen molar-refractivity contribution >= 4 is 27.5 Å². The predicted molar refractivity (Wildman–Crippen MR) is 110 cm³/mol. The number of aromatic nitrogens is 2. The van der Waals surface area contributed by atoms with Crippen LogP contribution in [0.15, 0.2) is 51.5 Å². The Balaban J connectivity index is 1.37. The Morgan fingerprint density at radius 2 is 2.10 bits per heavy atom. The van der Waals surface area contributed by atoms with Crippen molar-refractivity contribution in [3.05, 3.63) is 64.5 Å². The fraction of sp³-hybridized carbons (Fsp3) is 0.286. The molecular weight excluding hydrogens is 458 g/mol. The molecule has 0 radical (unpaired) electrons. The second-order valence-corrected chi connectivity index (χ2v) is 8.13. The van der Waals surface area contributed by atoms with Crippen molar-refractivity contribution in [2.24, 2.45) is 5.92 Å². The van der Waals surface area contributed by atoms with Gasteiger partial charge in [0, 0.05) is 28.3 Å². The molecule has 156 valence electrons. The van der Waals surface area contributed by atoms with Crippen molar-refractivity contribution in [3.8, 4) is 11.4 Å². The number of hydrogen-bond donors (Lipinski definition) is 1. The first-order chi connectivity index (χ1) is 14.5. The Labute approximate surface area is 180 Å². The smallest absolute Gasteiger partial charge is 0.241 e. The number of rotatable bonds is 5. The molecule has 1 aliphatic heterocycles. The lowest BCUT2D eigenvalue weighted by atomic mass is 9.97. The van der Waals surface area contributed by atoms with Gasteiger partial charge in [-0.15, -0.1) is 0 Å². The van der Waals surface area contributed by atoms with E-state index in [0.29, 0.717) is 24.8 Å². The Bertz CT molecular complexity index is 1060. The second kappa shape index (κ2) is 9.01. The Morgan fingerprint density at radius 1 is 1.23 bits per heavy atom. The summed E-state index contributed by atoms with van der Waals surface area (Å²) < 4.78 is 32.7. The lowest BCUT2D eigenvalue weighted by Crippen LogP contribution is -2.40.